The monoisotopic (exact) mass is 251 g/mol. The Morgan fingerprint density at radius 3 is 2.61 bits per heavy atom. The van der Waals surface area contributed by atoms with Crippen LogP contribution in [0.25, 0.3) is 11.5 Å². The van der Waals surface area contributed by atoms with Crippen LogP contribution in [0.5, 0.6) is 0 Å². The fourth-order valence-corrected chi connectivity index (χ4v) is 1.50. The van der Waals surface area contributed by atoms with Gasteiger partial charge in [-0.25, -0.2) is 4.68 Å². The molecule has 1 N–H and O–H groups in total. The van der Waals surface area contributed by atoms with Crippen molar-refractivity contribution in [1.29, 1.82) is 0 Å². The lowest BCUT2D eigenvalue weighted by Crippen LogP contribution is -2.23. The molecule has 9 nitrogen and oxygen atoms in total. The Labute approximate surface area is 102 Å². The van der Waals surface area contributed by atoms with Crippen molar-refractivity contribution in [3.63, 3.8) is 0 Å². The van der Waals surface area contributed by atoms with Gasteiger partial charge in [0.15, 0.2) is 5.69 Å². The van der Waals surface area contributed by atoms with Gasteiger partial charge in [-0.15, -0.1) is 10.2 Å². The molecule has 0 spiro atoms. The van der Waals surface area contributed by atoms with Gasteiger partial charge in [0.25, 0.3) is 0 Å². The van der Waals surface area contributed by atoms with Crippen LogP contribution in [0.2, 0.25) is 0 Å². The number of hydrogen-bond donors (Lipinski definition) is 1. The van der Waals surface area contributed by atoms with Gasteiger partial charge in [-0.3, -0.25) is 9.48 Å². The highest BCUT2D eigenvalue weighted by molar-refractivity contribution is 5.70. The first-order valence-corrected chi connectivity index (χ1v) is 5.38. The second kappa shape index (κ2) is 4.51. The van der Waals surface area contributed by atoms with Crippen LogP contribution >= 0.6 is 0 Å². The van der Waals surface area contributed by atoms with E-state index in [1.807, 2.05) is 0 Å². The summed E-state index contributed by atoms with van der Waals surface area (Å²) < 4.78 is 2.97. The fourth-order valence-electron chi connectivity index (χ4n) is 1.50. The maximum absolute atomic E-state index is 11.0. The van der Waals surface area contributed by atoms with Crippen LogP contribution in [0, 0.1) is 5.92 Å². The highest BCUT2D eigenvalue weighted by Crippen LogP contribution is 2.21. The van der Waals surface area contributed by atoms with E-state index in [0.29, 0.717) is 11.5 Å². The maximum Gasteiger partial charge on any atom is 0.308 e. The number of hydrogen-bond acceptors (Lipinski definition) is 6. The zero-order valence-corrected chi connectivity index (χ0v) is 10.2. The first kappa shape index (κ1) is 12.1. The number of carbonyl (C=O) groups is 1. The maximum atomic E-state index is 11.0. The second-order valence-electron chi connectivity index (χ2n) is 4.09. The molecule has 9 heteroatoms. The number of aromatic nitrogens is 7. The van der Waals surface area contributed by atoms with Gasteiger partial charge >= 0.3 is 5.97 Å². The van der Waals surface area contributed by atoms with Crippen molar-refractivity contribution in [3.05, 3.63) is 6.20 Å². The smallest absolute Gasteiger partial charge is 0.308 e. The molecule has 0 aromatic carbocycles. The molecule has 0 fully saturated rings. The van der Waals surface area contributed by atoms with E-state index in [1.54, 1.807) is 27.1 Å². The molecule has 2 aromatic heterocycles. The molecule has 0 bridgehead atoms. The minimum atomic E-state index is -0.900. The summed E-state index contributed by atoms with van der Waals surface area (Å²) in [6, 6.07) is -0.380. The van der Waals surface area contributed by atoms with Gasteiger partial charge in [-0.05, 0) is 24.3 Å². The van der Waals surface area contributed by atoms with E-state index in [2.05, 4.69) is 25.8 Å². The zero-order chi connectivity index (χ0) is 13.3. The van der Waals surface area contributed by atoms with Crippen molar-refractivity contribution < 1.29 is 9.90 Å². The van der Waals surface area contributed by atoms with Crippen molar-refractivity contribution in [3.8, 4) is 11.5 Å². The molecular weight excluding hydrogens is 238 g/mol. The van der Waals surface area contributed by atoms with Crippen LogP contribution in [0.1, 0.15) is 19.9 Å². The molecule has 0 aliphatic heterocycles. The summed E-state index contributed by atoms with van der Waals surface area (Å²) in [5, 5.41) is 27.9. The van der Waals surface area contributed by atoms with E-state index in [0.717, 1.165) is 0 Å². The summed E-state index contributed by atoms with van der Waals surface area (Å²) in [5.74, 6) is -1.10. The number of nitrogens with zero attached hydrogens (tertiary/aromatic N) is 7. The first-order chi connectivity index (χ1) is 8.50. The van der Waals surface area contributed by atoms with Crippen LogP contribution in [0.3, 0.4) is 0 Å². The van der Waals surface area contributed by atoms with Gasteiger partial charge in [0.05, 0.1) is 18.2 Å². The molecule has 2 aromatic rings. The van der Waals surface area contributed by atoms with Crippen LogP contribution in [0.4, 0.5) is 0 Å². The Kier molecular flexibility index (Phi) is 3.04. The van der Waals surface area contributed by atoms with Gasteiger partial charge in [0, 0.05) is 7.05 Å². The Balaban J connectivity index is 2.36. The third-order valence-electron chi connectivity index (χ3n) is 2.82. The van der Waals surface area contributed by atoms with Crippen molar-refractivity contribution >= 4 is 5.97 Å². The summed E-state index contributed by atoms with van der Waals surface area (Å²) in [7, 11) is 1.73. The quantitative estimate of drug-likeness (QED) is 0.797. The van der Waals surface area contributed by atoms with E-state index in [4.69, 9.17) is 5.11 Å². The number of carboxylic acid groups (broad SMARTS) is 1. The van der Waals surface area contributed by atoms with Crippen LogP contribution in [0.15, 0.2) is 6.20 Å². The first-order valence-electron chi connectivity index (χ1n) is 5.38. The molecule has 0 aliphatic carbocycles. The molecule has 0 amide bonds. The average molecular weight is 251 g/mol. The molecule has 2 heterocycles. The summed E-state index contributed by atoms with van der Waals surface area (Å²) in [6.07, 6.45) is 1.67. The standard InChI is InChI=1S/C9H13N7O2/c1-5(9(17)18)6(2)16-8(11-12-14-16)7-4-15(3)13-10-7/h4-6H,1-3H3,(H,17,18). The predicted molar refractivity (Wildman–Crippen MR) is 59.3 cm³/mol. The van der Waals surface area contributed by atoms with Crippen LogP contribution in [-0.4, -0.2) is 46.3 Å². The van der Waals surface area contributed by atoms with Gasteiger partial charge in [-0.1, -0.05) is 5.21 Å². The van der Waals surface area contributed by atoms with E-state index >= 15 is 0 Å². The number of aryl methyl sites for hydroxylation is 1. The lowest BCUT2D eigenvalue weighted by atomic mass is 10.0. The third kappa shape index (κ3) is 2.06. The fraction of sp³-hybridized carbons (Fsp3) is 0.556. The molecule has 96 valence electrons. The molecule has 0 radical (unpaired) electrons. The van der Waals surface area contributed by atoms with E-state index in [-0.39, 0.29) is 6.04 Å². The molecule has 2 unspecified atom stereocenters. The second-order valence-corrected chi connectivity index (χ2v) is 4.09. The predicted octanol–water partition coefficient (Wildman–Crippen LogP) is -0.250. The highest BCUT2D eigenvalue weighted by Gasteiger charge is 2.25. The number of carboxylic acids is 1. The average Bonchev–Trinajstić information content (AvgIpc) is 2.94. The number of tetrazole rings is 1. The largest absolute Gasteiger partial charge is 0.481 e. The molecular formula is C9H13N7O2. The Morgan fingerprint density at radius 2 is 2.06 bits per heavy atom. The van der Waals surface area contributed by atoms with Crippen LogP contribution in [-0.2, 0) is 11.8 Å². The molecule has 2 rings (SSSR count). The summed E-state index contributed by atoms with van der Waals surface area (Å²) in [4.78, 5) is 11.0. The van der Waals surface area contributed by atoms with Gasteiger partial charge in [0.1, 0.15) is 0 Å². The van der Waals surface area contributed by atoms with Crippen LogP contribution < -0.4 is 0 Å². The normalized spacial score (nSPS) is 14.4. The molecule has 0 aliphatic rings. The lowest BCUT2D eigenvalue weighted by Gasteiger charge is -2.16. The summed E-state index contributed by atoms with van der Waals surface area (Å²) >= 11 is 0. The van der Waals surface area contributed by atoms with E-state index in [9.17, 15) is 4.79 Å². The molecule has 0 saturated carbocycles. The Morgan fingerprint density at radius 1 is 1.33 bits per heavy atom. The zero-order valence-electron chi connectivity index (χ0n) is 10.2. The van der Waals surface area contributed by atoms with Crippen molar-refractivity contribution in [2.24, 2.45) is 13.0 Å². The summed E-state index contributed by atoms with van der Waals surface area (Å²) in [6.45, 7) is 3.35. The molecule has 18 heavy (non-hydrogen) atoms. The van der Waals surface area contributed by atoms with E-state index < -0.39 is 11.9 Å². The van der Waals surface area contributed by atoms with Crippen molar-refractivity contribution in [1.82, 2.24) is 35.2 Å². The van der Waals surface area contributed by atoms with Gasteiger partial charge in [-0.2, -0.15) is 0 Å². The van der Waals surface area contributed by atoms with Crippen molar-refractivity contribution in [2.45, 2.75) is 19.9 Å². The van der Waals surface area contributed by atoms with Gasteiger partial charge in [0.2, 0.25) is 5.82 Å². The van der Waals surface area contributed by atoms with E-state index in [1.165, 1.54) is 9.36 Å². The minimum Gasteiger partial charge on any atom is -0.481 e. The van der Waals surface area contributed by atoms with Gasteiger partial charge < -0.3 is 5.11 Å². The lowest BCUT2D eigenvalue weighted by molar-refractivity contribution is -0.142. The minimum absolute atomic E-state index is 0.380. The number of rotatable bonds is 4. The molecule has 2 atom stereocenters. The molecule has 0 saturated heterocycles. The Bertz CT molecular complexity index is 561. The number of aliphatic carboxylic acids is 1. The SMILES string of the molecule is CC(C(=O)O)C(C)n1nnnc1-c1cn(C)nn1. The van der Waals surface area contributed by atoms with Crippen molar-refractivity contribution in [2.75, 3.05) is 0 Å². The summed E-state index contributed by atoms with van der Waals surface area (Å²) in [5.41, 5.74) is 0.506. The highest BCUT2D eigenvalue weighted by atomic mass is 16.4. The third-order valence-corrected chi connectivity index (χ3v) is 2.82. The Hall–Kier alpha value is -2.32. The topological polar surface area (TPSA) is 112 Å².